The molecule has 26 atom stereocenters. The third-order valence-electron chi connectivity index (χ3n) is 22.9. The highest BCUT2D eigenvalue weighted by Crippen LogP contribution is 2.40. The van der Waals surface area contributed by atoms with Crippen molar-refractivity contribution in [2.75, 3.05) is 46.2 Å². The summed E-state index contributed by atoms with van der Waals surface area (Å²) in [6, 6.07) is 23.6. The van der Waals surface area contributed by atoms with E-state index in [9.17, 15) is 125 Å². The van der Waals surface area contributed by atoms with Crippen molar-refractivity contribution in [3.8, 4) is 29.4 Å². The van der Waals surface area contributed by atoms with Crippen molar-refractivity contribution in [3.63, 3.8) is 0 Å². The number of nitrogens with two attached hydrogens (primary N) is 8. The maximum atomic E-state index is 12.3. The van der Waals surface area contributed by atoms with Crippen LogP contribution in [0.4, 0.5) is 0 Å². The van der Waals surface area contributed by atoms with Crippen molar-refractivity contribution in [3.05, 3.63) is 168 Å². The molecule has 0 saturated carbocycles. The molecule has 0 spiro atoms. The van der Waals surface area contributed by atoms with Crippen LogP contribution in [0.15, 0.2) is 123 Å². The number of aromatic hydroxyl groups is 5. The molecular formula is C86H115N19O37. The van der Waals surface area contributed by atoms with Crippen LogP contribution >= 0.6 is 0 Å². The Bertz CT molecular complexity index is 5460. The van der Waals surface area contributed by atoms with Crippen molar-refractivity contribution < 1.29 is 181 Å². The highest BCUT2D eigenvalue weighted by molar-refractivity contribution is 5.95. The lowest BCUT2D eigenvalue weighted by molar-refractivity contribution is -0.155. The largest absolute Gasteiger partial charge is 0.493 e. The standard InChI is InChI=1S/C20H26N4O8.C19H24N4O8.C18H22N4O7.C15H21N3O7.C14H22N4O7/c1-10(30-7-11-5-3-2-4-6-11)13(21)20(29)31-8-12-15(25)16(26)19(32-12)24-9-23-14(17(22)27)18(24)28;20-11(7-29-6-10-4-2-1-3-5-10)19(28)30-8-12-14(24)15(25)18(31-12)23-9-22-13(16(21)26)17(23)27;19-10(6-9-4-2-1-3-5-9)18(27)28-7-11-13(23)14(24)17(29-11)22-8-21-12(15(20)25)16(22)26;1-7(19)10-13(22)18(6-17-10)14-12(21)11(20)9(25-14)5-24-15(23)8-3-2-4-16-8;1-5(2)7(15)14(23)24-3-6-9(19)10(20)13(25-6)18-4-17-8(11(16)21)12(18)22/h2-6,9-10,12-13,15-16,19,25-26,28H,7-8,21H2,1H3,(H2,22,27);1-5,9,11-12,14-15,18,24-25,27H,6-8,20H2,(H2,21,26);1-5,8,10-11,13-14,17,23-24,26H,6-7,19H2,(H2,20,25);6,8-9,11-12,14,16,20-22H,2-5H2,1H3;4-7,9-10,13,19-20,22H,3,15H2,1-2H3,(H2,16,21)/t10-,12-,13+,15?,16-,19-;11-,12+,14?,15+,18+;10-,11+,13?,14+,17+;8-,9+,11?,12+,14+;6-,7+,9?,10-,13-/m10001/s1. The van der Waals surface area contributed by atoms with Crippen LogP contribution < -0.4 is 51.2 Å². The van der Waals surface area contributed by atoms with E-state index in [0.717, 1.165) is 84.1 Å². The smallest absolute Gasteiger partial charge is 0.325 e. The Morgan fingerprint density at radius 3 is 0.972 bits per heavy atom. The molecule has 3 aromatic carbocycles. The number of amides is 4. The topological polar surface area (TPSA) is 894 Å². The molecule has 56 nitrogen and oxygen atoms in total. The predicted octanol–water partition coefficient (Wildman–Crippen LogP) is -7.86. The third-order valence-corrected chi connectivity index (χ3v) is 22.9. The molecule has 6 saturated heterocycles. The van der Waals surface area contributed by atoms with Crippen LogP contribution in [0.25, 0.3) is 0 Å². The van der Waals surface area contributed by atoms with Gasteiger partial charge in [-0.1, -0.05) is 105 Å². The first kappa shape index (κ1) is 111. The molecule has 14 rings (SSSR count). The fourth-order valence-electron chi connectivity index (χ4n) is 14.6. The minimum Gasteiger partial charge on any atom is -0.493 e. The summed E-state index contributed by atoms with van der Waals surface area (Å²) in [5.41, 5.74) is 44.4. The van der Waals surface area contributed by atoms with Crippen LogP contribution in [-0.2, 0) is 100 Å². The van der Waals surface area contributed by atoms with Crippen LogP contribution in [0.1, 0.15) is 141 Å². The number of aliphatic hydroxyl groups is 10. The maximum Gasteiger partial charge on any atom is 0.325 e. The van der Waals surface area contributed by atoms with E-state index < -0.39 is 278 Å². The van der Waals surface area contributed by atoms with E-state index in [-0.39, 0.29) is 63.7 Å². The van der Waals surface area contributed by atoms with Gasteiger partial charge in [0.1, 0.15) is 186 Å². The molecule has 776 valence electrons. The number of hydrogen-bond acceptors (Lipinski definition) is 47. The summed E-state index contributed by atoms with van der Waals surface area (Å²) in [6.07, 6.45) is -19.4. The van der Waals surface area contributed by atoms with Crippen molar-refractivity contribution in [2.45, 2.75) is 219 Å². The molecule has 142 heavy (non-hydrogen) atoms. The van der Waals surface area contributed by atoms with E-state index in [1.165, 1.54) is 6.92 Å². The van der Waals surface area contributed by atoms with Gasteiger partial charge in [-0.25, -0.2) is 24.9 Å². The number of aliphatic hydroxyl groups excluding tert-OH is 10. The number of nitrogens with one attached hydrogen (secondary N) is 1. The van der Waals surface area contributed by atoms with Gasteiger partial charge in [-0.3, -0.25) is 70.8 Å². The predicted molar refractivity (Wildman–Crippen MR) is 473 cm³/mol. The summed E-state index contributed by atoms with van der Waals surface area (Å²) in [6.45, 7) is 5.85. The molecule has 6 aliphatic rings. The van der Waals surface area contributed by atoms with Gasteiger partial charge in [0.15, 0.2) is 65.4 Å². The lowest BCUT2D eigenvalue weighted by atomic mass is 10.1. The molecule has 11 heterocycles. The first-order valence-corrected chi connectivity index (χ1v) is 43.8. The molecule has 5 unspecified atom stereocenters. The molecular weight excluding hydrogens is 1890 g/mol. The van der Waals surface area contributed by atoms with Gasteiger partial charge in [-0.2, -0.15) is 0 Å². The third kappa shape index (κ3) is 27.3. The number of esters is 5. The molecule has 0 radical (unpaired) electrons. The average Bonchev–Trinajstić information content (AvgIpc) is 1.66. The molecule has 56 heteroatoms. The van der Waals surface area contributed by atoms with Gasteiger partial charge in [-0.15, -0.1) is 0 Å². The quantitative estimate of drug-likeness (QED) is 0.00985. The summed E-state index contributed by atoms with van der Waals surface area (Å²) >= 11 is 0. The number of hydrogen-bond donors (Lipinski definition) is 24. The van der Waals surface area contributed by atoms with Crippen LogP contribution in [0.2, 0.25) is 0 Å². The zero-order valence-electron chi connectivity index (χ0n) is 76.4. The number of rotatable bonds is 36. The number of ether oxygens (including phenoxy) is 12. The Balaban J connectivity index is 0.000000183. The normalized spacial score (nSPS) is 26.4. The van der Waals surface area contributed by atoms with Crippen molar-refractivity contribution in [1.29, 1.82) is 0 Å². The Morgan fingerprint density at radius 1 is 0.387 bits per heavy atom. The lowest BCUT2D eigenvalue weighted by Crippen LogP contribution is -2.44. The van der Waals surface area contributed by atoms with Crippen molar-refractivity contribution in [2.24, 2.45) is 51.8 Å². The van der Waals surface area contributed by atoms with Crippen LogP contribution in [0.5, 0.6) is 29.4 Å². The first-order chi connectivity index (χ1) is 67.3. The van der Waals surface area contributed by atoms with E-state index in [1.807, 2.05) is 91.0 Å². The molecule has 32 N–H and O–H groups in total. The van der Waals surface area contributed by atoms with E-state index in [2.05, 4.69) is 30.2 Å². The van der Waals surface area contributed by atoms with E-state index in [4.69, 9.17) is 103 Å². The summed E-state index contributed by atoms with van der Waals surface area (Å²) < 4.78 is 68.7. The fourth-order valence-corrected chi connectivity index (χ4v) is 14.6. The molecule has 6 aliphatic heterocycles. The number of benzene rings is 3. The van der Waals surface area contributed by atoms with Crippen LogP contribution in [0.3, 0.4) is 0 Å². The summed E-state index contributed by atoms with van der Waals surface area (Å²) in [5.74, 6) is -10.7. The number of nitrogens with zero attached hydrogens (tertiary/aromatic N) is 10. The second-order valence-electron chi connectivity index (χ2n) is 33.4. The van der Waals surface area contributed by atoms with Gasteiger partial charge >= 0.3 is 29.8 Å². The Hall–Kier alpha value is -13.3. The highest BCUT2D eigenvalue weighted by Gasteiger charge is 2.51. The maximum absolute atomic E-state index is 12.3. The first-order valence-electron chi connectivity index (χ1n) is 43.8. The molecule has 8 aromatic rings. The summed E-state index contributed by atoms with van der Waals surface area (Å²) in [5, 5.41) is 155. The summed E-state index contributed by atoms with van der Waals surface area (Å²) in [7, 11) is 0. The van der Waals surface area contributed by atoms with Gasteiger partial charge in [0.25, 0.3) is 23.6 Å². The van der Waals surface area contributed by atoms with Crippen LogP contribution in [-0.4, -0.2) is 358 Å². The molecule has 0 bridgehead atoms. The second kappa shape index (κ2) is 50.4. The molecule has 4 amide bonds. The zero-order valence-corrected chi connectivity index (χ0v) is 76.4. The number of Topliss-reactive ketones (excluding diaryl/α,β-unsaturated/α-hetero) is 1. The Kier molecular flexibility index (Phi) is 39.3. The number of aromatic nitrogens is 10. The van der Waals surface area contributed by atoms with E-state index >= 15 is 0 Å². The van der Waals surface area contributed by atoms with E-state index in [1.54, 1.807) is 20.8 Å². The van der Waals surface area contributed by atoms with Crippen molar-refractivity contribution in [1.82, 2.24) is 53.1 Å². The number of carbonyl (C=O) groups is 10. The van der Waals surface area contributed by atoms with Gasteiger partial charge in [0, 0.05) is 6.92 Å². The minimum absolute atomic E-state index is 0.0775. The zero-order chi connectivity index (χ0) is 104. The average molecular weight is 2010 g/mol. The number of carbonyl (C=O) groups excluding carboxylic acids is 10. The number of ketones is 1. The summed E-state index contributed by atoms with van der Waals surface area (Å²) in [4.78, 5) is 135. The van der Waals surface area contributed by atoms with Crippen LogP contribution in [0, 0.1) is 5.92 Å². The molecule has 6 fully saturated rings. The van der Waals surface area contributed by atoms with Gasteiger partial charge in [0.05, 0.1) is 25.9 Å². The highest BCUT2D eigenvalue weighted by atomic mass is 16.6. The fraction of sp³-hybridized carbons (Fsp3) is 0.500. The second-order valence-corrected chi connectivity index (χ2v) is 33.4. The monoisotopic (exact) mass is 2010 g/mol. The minimum atomic E-state index is -1.50. The van der Waals surface area contributed by atoms with Gasteiger partial charge < -0.3 is 185 Å². The molecule has 0 aliphatic carbocycles. The number of imidazole rings is 5. The number of primary amides is 4. The Morgan fingerprint density at radius 2 is 0.676 bits per heavy atom. The lowest BCUT2D eigenvalue weighted by Gasteiger charge is -2.21. The SMILES string of the molecule is CC(=O)c1ncn([C@@H]2O[C@H](COC(=O)[C@@H]3CCCN3)C(O)[C@H]2O)c1O.CC(C)[C@H](N)C(=O)OC[C@H]1O[C@@H](n2cnc(C(N)=O)c2O)[C@H](O)C1O.C[C@@H](OCc1ccccc1)[C@H](N)C(=O)OC[C@H]1O[C@@H](n2cnc(C(N)=O)c2O)[C@H](O)C1O.NC(=O)c1ncn([C@@H]2O[C@H](COC(=O)[C@@H](N)COCc3ccccc3)C(O)[C@H]2O)c1O.NC(=O)c1ncn([C@@H]2O[C@H](COC(=O)[C@@H](N)Cc3ccccc3)C(O)[C@H]2O)c1O. The Labute approximate surface area is 805 Å². The molecule has 5 aromatic heterocycles. The van der Waals surface area contributed by atoms with Gasteiger partial charge in [-0.05, 0) is 55.3 Å². The van der Waals surface area contributed by atoms with E-state index in [0.29, 0.717) is 6.42 Å². The van der Waals surface area contributed by atoms with Crippen molar-refractivity contribution >= 4 is 59.3 Å². The van der Waals surface area contributed by atoms with Gasteiger partial charge in [0.2, 0.25) is 29.4 Å².